The summed E-state index contributed by atoms with van der Waals surface area (Å²) in [6.45, 7) is 6.49. The Kier molecular flexibility index (Phi) is 13.5. The number of halogens is 1. The SMILES string of the molecule is CCCCOCCCNC(=NC)NCC1CCN(S(=O)(=O)c2ccccc2)CC1.I. The number of benzene rings is 1. The summed E-state index contributed by atoms with van der Waals surface area (Å²) in [6.07, 6.45) is 4.91. The molecule has 0 amide bonds. The van der Waals surface area contributed by atoms with Crippen LogP contribution in [0.25, 0.3) is 0 Å². The average Bonchev–Trinajstić information content (AvgIpc) is 2.76. The van der Waals surface area contributed by atoms with E-state index in [4.69, 9.17) is 4.74 Å². The minimum Gasteiger partial charge on any atom is -0.381 e. The molecule has 30 heavy (non-hydrogen) atoms. The zero-order valence-electron chi connectivity index (χ0n) is 18.2. The number of sulfonamides is 1. The van der Waals surface area contributed by atoms with Gasteiger partial charge in [-0.3, -0.25) is 4.99 Å². The molecule has 1 heterocycles. The lowest BCUT2D eigenvalue weighted by atomic mass is 9.98. The monoisotopic (exact) mass is 552 g/mol. The summed E-state index contributed by atoms with van der Waals surface area (Å²) < 4.78 is 32.6. The first-order valence-corrected chi connectivity index (χ1v) is 12.1. The first-order chi connectivity index (χ1) is 14.1. The highest BCUT2D eigenvalue weighted by Gasteiger charge is 2.29. The first-order valence-electron chi connectivity index (χ1n) is 10.7. The number of unbranched alkanes of at least 4 members (excludes halogenated alkanes) is 1. The van der Waals surface area contributed by atoms with Crippen molar-refractivity contribution in [2.45, 2.75) is 43.9 Å². The highest BCUT2D eigenvalue weighted by atomic mass is 127. The Morgan fingerprint density at radius 2 is 1.80 bits per heavy atom. The minimum atomic E-state index is -3.38. The van der Waals surface area contributed by atoms with Crippen LogP contribution < -0.4 is 10.6 Å². The Morgan fingerprint density at radius 1 is 1.13 bits per heavy atom. The van der Waals surface area contributed by atoms with E-state index in [0.29, 0.717) is 23.9 Å². The van der Waals surface area contributed by atoms with Gasteiger partial charge in [-0.1, -0.05) is 31.5 Å². The minimum absolute atomic E-state index is 0. The van der Waals surface area contributed by atoms with Crippen molar-refractivity contribution >= 4 is 40.0 Å². The van der Waals surface area contributed by atoms with E-state index in [1.807, 2.05) is 6.07 Å². The Bertz CT molecular complexity index is 708. The van der Waals surface area contributed by atoms with Gasteiger partial charge in [0.15, 0.2) is 5.96 Å². The van der Waals surface area contributed by atoms with Crippen LogP contribution in [0.5, 0.6) is 0 Å². The zero-order chi connectivity index (χ0) is 21.0. The summed E-state index contributed by atoms with van der Waals surface area (Å²) in [4.78, 5) is 4.64. The Labute approximate surface area is 199 Å². The van der Waals surface area contributed by atoms with Gasteiger partial charge in [-0.2, -0.15) is 4.31 Å². The number of guanidine groups is 1. The largest absolute Gasteiger partial charge is 0.381 e. The molecule has 0 saturated carbocycles. The molecule has 0 bridgehead atoms. The van der Waals surface area contributed by atoms with E-state index in [0.717, 1.165) is 64.4 Å². The predicted octanol–water partition coefficient (Wildman–Crippen LogP) is 3.08. The molecule has 1 fully saturated rings. The summed E-state index contributed by atoms with van der Waals surface area (Å²) in [5.74, 6) is 1.23. The molecule has 0 aliphatic carbocycles. The van der Waals surface area contributed by atoms with Crippen LogP contribution in [-0.2, 0) is 14.8 Å². The molecule has 1 aliphatic rings. The average molecular weight is 553 g/mol. The van der Waals surface area contributed by atoms with Gasteiger partial charge in [0.05, 0.1) is 4.90 Å². The Balaban J connectivity index is 0.00000450. The van der Waals surface area contributed by atoms with Crippen LogP contribution in [-0.4, -0.2) is 65.1 Å². The molecule has 0 unspecified atom stereocenters. The van der Waals surface area contributed by atoms with Gasteiger partial charge >= 0.3 is 0 Å². The van der Waals surface area contributed by atoms with Gasteiger partial charge in [0.1, 0.15) is 0 Å². The van der Waals surface area contributed by atoms with Crippen LogP contribution in [0.15, 0.2) is 40.2 Å². The van der Waals surface area contributed by atoms with Crippen molar-refractivity contribution in [3.05, 3.63) is 30.3 Å². The first kappa shape index (κ1) is 27.1. The summed E-state index contributed by atoms with van der Waals surface area (Å²) in [5.41, 5.74) is 0. The van der Waals surface area contributed by atoms with Crippen LogP contribution in [0.1, 0.15) is 39.0 Å². The van der Waals surface area contributed by atoms with Gasteiger partial charge in [0.2, 0.25) is 10.0 Å². The number of hydrogen-bond acceptors (Lipinski definition) is 4. The summed E-state index contributed by atoms with van der Waals surface area (Å²) in [6, 6.07) is 8.68. The van der Waals surface area contributed by atoms with Crippen LogP contribution >= 0.6 is 24.0 Å². The van der Waals surface area contributed by atoms with E-state index in [9.17, 15) is 8.42 Å². The van der Waals surface area contributed by atoms with Crippen molar-refractivity contribution in [2.75, 3.05) is 46.4 Å². The highest BCUT2D eigenvalue weighted by Crippen LogP contribution is 2.23. The predicted molar refractivity (Wildman–Crippen MR) is 133 cm³/mol. The van der Waals surface area contributed by atoms with E-state index >= 15 is 0 Å². The lowest BCUT2D eigenvalue weighted by molar-refractivity contribution is 0.129. The Hall–Kier alpha value is -0.910. The van der Waals surface area contributed by atoms with Crippen molar-refractivity contribution in [3.8, 4) is 0 Å². The van der Waals surface area contributed by atoms with Crippen LogP contribution in [0.4, 0.5) is 0 Å². The molecule has 1 aromatic rings. The van der Waals surface area contributed by atoms with Crippen molar-refractivity contribution in [2.24, 2.45) is 10.9 Å². The highest BCUT2D eigenvalue weighted by molar-refractivity contribution is 14.0. The second kappa shape index (κ2) is 15.0. The molecule has 1 saturated heterocycles. The number of rotatable bonds is 11. The third-order valence-electron chi connectivity index (χ3n) is 5.14. The normalized spacial score (nSPS) is 16.1. The maximum atomic E-state index is 12.7. The molecular formula is C21H37IN4O3S. The lowest BCUT2D eigenvalue weighted by Crippen LogP contribution is -2.44. The van der Waals surface area contributed by atoms with Gasteiger partial charge in [0, 0.05) is 46.4 Å². The smallest absolute Gasteiger partial charge is 0.243 e. The van der Waals surface area contributed by atoms with Gasteiger partial charge < -0.3 is 15.4 Å². The fraction of sp³-hybridized carbons (Fsp3) is 0.667. The molecule has 0 atom stereocenters. The van der Waals surface area contributed by atoms with E-state index < -0.39 is 10.0 Å². The summed E-state index contributed by atoms with van der Waals surface area (Å²) in [7, 11) is -1.61. The molecule has 1 aliphatic heterocycles. The number of nitrogens with one attached hydrogen (secondary N) is 2. The molecule has 7 nitrogen and oxygen atoms in total. The van der Waals surface area contributed by atoms with Gasteiger partial charge in [-0.15, -0.1) is 24.0 Å². The number of aliphatic imine (C=N–C) groups is 1. The summed E-state index contributed by atoms with van der Waals surface area (Å²) in [5, 5.41) is 6.67. The molecule has 1 aromatic carbocycles. The van der Waals surface area contributed by atoms with Crippen molar-refractivity contribution in [3.63, 3.8) is 0 Å². The third-order valence-corrected chi connectivity index (χ3v) is 7.05. The standard InChI is InChI=1S/C21H36N4O3S.HI/c1-3-4-16-28-17-8-13-23-21(22-2)24-18-19-11-14-25(15-12-19)29(26,27)20-9-6-5-7-10-20;/h5-7,9-10,19H,3-4,8,11-18H2,1-2H3,(H2,22,23,24);1H. The van der Waals surface area contributed by atoms with Gasteiger partial charge in [0.25, 0.3) is 0 Å². The second-order valence-electron chi connectivity index (χ2n) is 7.36. The molecule has 0 aromatic heterocycles. The van der Waals surface area contributed by atoms with Crippen molar-refractivity contribution < 1.29 is 13.2 Å². The lowest BCUT2D eigenvalue weighted by Gasteiger charge is -2.31. The van der Waals surface area contributed by atoms with Crippen LogP contribution in [0, 0.1) is 5.92 Å². The van der Waals surface area contributed by atoms with Crippen molar-refractivity contribution in [1.82, 2.24) is 14.9 Å². The molecule has 172 valence electrons. The number of ether oxygens (including phenoxy) is 1. The van der Waals surface area contributed by atoms with Crippen molar-refractivity contribution in [1.29, 1.82) is 0 Å². The van der Waals surface area contributed by atoms with E-state index in [-0.39, 0.29) is 24.0 Å². The van der Waals surface area contributed by atoms with E-state index in [1.165, 1.54) is 0 Å². The maximum Gasteiger partial charge on any atom is 0.243 e. The van der Waals surface area contributed by atoms with Crippen LogP contribution in [0.2, 0.25) is 0 Å². The molecular weight excluding hydrogens is 515 g/mol. The molecule has 2 rings (SSSR count). The van der Waals surface area contributed by atoms with E-state index in [2.05, 4.69) is 22.5 Å². The topological polar surface area (TPSA) is 83.0 Å². The number of piperidine rings is 1. The quantitative estimate of drug-likeness (QED) is 0.191. The van der Waals surface area contributed by atoms with Gasteiger partial charge in [-0.05, 0) is 43.7 Å². The van der Waals surface area contributed by atoms with E-state index in [1.54, 1.807) is 35.6 Å². The molecule has 0 radical (unpaired) electrons. The molecule has 9 heteroatoms. The number of nitrogens with zero attached hydrogens (tertiary/aromatic N) is 2. The maximum absolute atomic E-state index is 12.7. The Morgan fingerprint density at radius 3 is 2.43 bits per heavy atom. The van der Waals surface area contributed by atoms with Gasteiger partial charge in [-0.25, -0.2) is 8.42 Å². The third kappa shape index (κ3) is 9.07. The zero-order valence-corrected chi connectivity index (χ0v) is 21.3. The number of hydrogen-bond donors (Lipinski definition) is 2. The van der Waals surface area contributed by atoms with Crippen LogP contribution in [0.3, 0.4) is 0 Å². The molecule has 2 N–H and O–H groups in total. The second-order valence-corrected chi connectivity index (χ2v) is 9.30. The molecule has 0 spiro atoms. The summed E-state index contributed by atoms with van der Waals surface area (Å²) >= 11 is 0. The fourth-order valence-electron chi connectivity index (χ4n) is 3.29. The fourth-order valence-corrected chi connectivity index (χ4v) is 4.78.